The summed E-state index contributed by atoms with van der Waals surface area (Å²) in [5.41, 5.74) is 0.948. The Hall–Kier alpha value is -2.95. The zero-order chi connectivity index (χ0) is 25.2. The van der Waals surface area contributed by atoms with Gasteiger partial charge in [0.25, 0.3) is 11.8 Å². The fourth-order valence-corrected chi connectivity index (χ4v) is 5.70. The number of ether oxygens (including phenoxy) is 2. The monoisotopic (exact) mass is 512 g/mol. The van der Waals surface area contributed by atoms with Crippen LogP contribution in [-0.2, 0) is 9.53 Å². The van der Waals surface area contributed by atoms with Gasteiger partial charge in [-0.05, 0) is 49.5 Å². The molecule has 2 aromatic rings. The van der Waals surface area contributed by atoms with Gasteiger partial charge in [-0.25, -0.2) is 0 Å². The molecule has 0 unspecified atom stereocenters. The van der Waals surface area contributed by atoms with E-state index < -0.39 is 0 Å². The summed E-state index contributed by atoms with van der Waals surface area (Å²) in [4.78, 5) is 45.2. The predicted octanol–water partition coefficient (Wildman–Crippen LogP) is 2.55. The molecule has 9 nitrogen and oxygen atoms in total. The highest BCUT2D eigenvalue weighted by Gasteiger charge is 2.39. The number of thiophene rings is 1. The Labute approximate surface area is 214 Å². The molecular formula is C26H32N4O5S. The molecule has 3 atom stereocenters. The summed E-state index contributed by atoms with van der Waals surface area (Å²) in [6, 6.07) is 8.54. The molecule has 1 aromatic heterocycles. The van der Waals surface area contributed by atoms with Gasteiger partial charge in [0.15, 0.2) is 0 Å². The molecule has 0 aliphatic carbocycles. The maximum absolute atomic E-state index is 13.4. The van der Waals surface area contributed by atoms with E-state index in [-0.39, 0.29) is 42.6 Å². The van der Waals surface area contributed by atoms with Crippen LogP contribution in [0.2, 0.25) is 0 Å². The number of rotatable bonds is 4. The lowest BCUT2D eigenvalue weighted by atomic mass is 9.94. The maximum Gasteiger partial charge on any atom is 0.265 e. The third-order valence-electron chi connectivity index (χ3n) is 7.27. The predicted molar refractivity (Wildman–Crippen MR) is 137 cm³/mol. The van der Waals surface area contributed by atoms with Crippen LogP contribution in [0.25, 0.3) is 0 Å². The fraction of sp³-hybridized carbons (Fsp3) is 0.500. The molecule has 3 aliphatic rings. The molecule has 1 N–H and O–H groups in total. The van der Waals surface area contributed by atoms with Crippen LogP contribution in [0.5, 0.6) is 5.75 Å². The van der Waals surface area contributed by atoms with Gasteiger partial charge >= 0.3 is 0 Å². The van der Waals surface area contributed by atoms with E-state index >= 15 is 0 Å². The molecule has 0 spiro atoms. The summed E-state index contributed by atoms with van der Waals surface area (Å²) in [6.45, 7) is 3.57. The molecule has 2 saturated heterocycles. The first-order valence-electron chi connectivity index (χ1n) is 12.4. The van der Waals surface area contributed by atoms with Crippen molar-refractivity contribution in [3.05, 3.63) is 46.2 Å². The number of hydrogen-bond acceptors (Lipinski definition) is 7. The zero-order valence-electron chi connectivity index (χ0n) is 20.6. The van der Waals surface area contributed by atoms with Crippen molar-refractivity contribution in [1.82, 2.24) is 14.7 Å². The molecule has 0 bridgehead atoms. The number of benzene rings is 1. The van der Waals surface area contributed by atoms with Gasteiger partial charge in [0.05, 0.1) is 29.0 Å². The van der Waals surface area contributed by atoms with Gasteiger partial charge in [0.1, 0.15) is 18.5 Å². The van der Waals surface area contributed by atoms with Gasteiger partial charge in [-0.1, -0.05) is 6.07 Å². The number of fused-ring (bicyclic) bond motifs is 2. The minimum Gasteiger partial charge on any atom is -0.490 e. The van der Waals surface area contributed by atoms with Gasteiger partial charge in [-0.3, -0.25) is 14.4 Å². The SMILES string of the molecule is CN1CCN(C(=O)C[C@H]2CC[C@H]3[C@H](COc4ccc(NC(=O)c5cccs5)cc4C(=O)N3C)O2)CC1. The van der Waals surface area contributed by atoms with Crippen LogP contribution in [0, 0.1) is 0 Å². The normalized spacial score (nSPS) is 24.7. The molecule has 3 aliphatic heterocycles. The van der Waals surface area contributed by atoms with Crippen molar-refractivity contribution in [3.63, 3.8) is 0 Å². The highest BCUT2D eigenvalue weighted by Crippen LogP contribution is 2.33. The summed E-state index contributed by atoms with van der Waals surface area (Å²) in [5, 5.41) is 4.70. The third-order valence-corrected chi connectivity index (χ3v) is 8.14. The summed E-state index contributed by atoms with van der Waals surface area (Å²) < 4.78 is 12.4. The smallest absolute Gasteiger partial charge is 0.265 e. The standard InChI is InChI=1S/C26H32N4O5S/c1-28-9-11-30(12-10-28)24(31)15-18-6-7-20-22(35-18)16-34-21-8-5-17(14-19(21)26(33)29(20)2)27-25(32)23-4-3-13-36-23/h3-5,8,13-14,18,20,22H,6-7,9-12,15-16H2,1-2H3,(H,27,32)/t18-,20+,22+/m1/s1. The second kappa shape index (κ2) is 10.6. The number of hydrogen-bond donors (Lipinski definition) is 1. The molecule has 36 heavy (non-hydrogen) atoms. The summed E-state index contributed by atoms with van der Waals surface area (Å²) in [7, 11) is 3.85. The number of likely N-dealkylation sites (N-methyl/N-ethyl adjacent to an activating group) is 2. The highest BCUT2D eigenvalue weighted by atomic mass is 32.1. The minimum atomic E-state index is -0.315. The average molecular weight is 513 g/mol. The van der Waals surface area contributed by atoms with Crippen molar-refractivity contribution < 1.29 is 23.9 Å². The van der Waals surface area contributed by atoms with E-state index in [1.54, 1.807) is 36.2 Å². The first-order valence-corrected chi connectivity index (χ1v) is 13.3. The Kier molecular flexibility index (Phi) is 7.27. The molecular weight excluding hydrogens is 480 g/mol. The van der Waals surface area contributed by atoms with Crippen LogP contribution in [0.1, 0.15) is 39.3 Å². The Morgan fingerprint density at radius 3 is 2.67 bits per heavy atom. The van der Waals surface area contributed by atoms with E-state index in [1.165, 1.54) is 11.3 Å². The van der Waals surface area contributed by atoms with Gasteiger partial charge in [-0.15, -0.1) is 11.3 Å². The average Bonchev–Trinajstić information content (AvgIpc) is 3.42. The lowest BCUT2D eigenvalue weighted by Gasteiger charge is -2.42. The van der Waals surface area contributed by atoms with E-state index in [4.69, 9.17) is 9.47 Å². The first kappa shape index (κ1) is 24.7. The van der Waals surface area contributed by atoms with Crippen LogP contribution in [0.3, 0.4) is 0 Å². The van der Waals surface area contributed by atoms with Gasteiger partial charge < -0.3 is 29.5 Å². The zero-order valence-corrected chi connectivity index (χ0v) is 21.5. The van der Waals surface area contributed by atoms with Gasteiger partial charge in [0.2, 0.25) is 5.91 Å². The van der Waals surface area contributed by atoms with E-state index in [0.717, 1.165) is 32.6 Å². The molecule has 0 saturated carbocycles. The molecule has 1 aromatic carbocycles. The molecule has 5 rings (SSSR count). The lowest BCUT2D eigenvalue weighted by Crippen LogP contribution is -2.54. The van der Waals surface area contributed by atoms with Crippen LogP contribution < -0.4 is 10.1 Å². The lowest BCUT2D eigenvalue weighted by molar-refractivity contribution is -0.144. The highest BCUT2D eigenvalue weighted by molar-refractivity contribution is 7.12. The van der Waals surface area contributed by atoms with Crippen molar-refractivity contribution >= 4 is 34.7 Å². The summed E-state index contributed by atoms with van der Waals surface area (Å²) >= 11 is 1.36. The van der Waals surface area contributed by atoms with Crippen molar-refractivity contribution in [2.45, 2.75) is 37.5 Å². The number of carbonyl (C=O) groups excluding carboxylic acids is 3. The van der Waals surface area contributed by atoms with Gasteiger partial charge in [0, 0.05) is 38.9 Å². The van der Waals surface area contributed by atoms with Crippen molar-refractivity contribution in [3.8, 4) is 5.75 Å². The Morgan fingerprint density at radius 2 is 1.92 bits per heavy atom. The van der Waals surface area contributed by atoms with Crippen LogP contribution in [-0.4, -0.2) is 97.6 Å². The Bertz CT molecular complexity index is 1120. The van der Waals surface area contributed by atoms with Crippen molar-refractivity contribution in [2.24, 2.45) is 0 Å². The summed E-state index contributed by atoms with van der Waals surface area (Å²) in [6.07, 6.45) is 1.31. The third kappa shape index (κ3) is 5.25. The number of nitrogens with zero attached hydrogens (tertiary/aromatic N) is 3. The number of amides is 3. The molecule has 4 heterocycles. The second-order valence-electron chi connectivity index (χ2n) is 9.70. The van der Waals surface area contributed by atoms with E-state index in [2.05, 4.69) is 17.3 Å². The van der Waals surface area contributed by atoms with E-state index in [9.17, 15) is 14.4 Å². The molecule has 0 radical (unpaired) electrons. The Morgan fingerprint density at radius 1 is 1.11 bits per heavy atom. The number of nitrogens with one attached hydrogen (secondary N) is 1. The number of piperazine rings is 1. The van der Waals surface area contributed by atoms with Crippen molar-refractivity contribution in [2.75, 3.05) is 52.2 Å². The number of carbonyl (C=O) groups is 3. The summed E-state index contributed by atoms with van der Waals surface area (Å²) in [5.74, 6) is 0.196. The second-order valence-corrected chi connectivity index (χ2v) is 10.6. The number of anilines is 1. The van der Waals surface area contributed by atoms with E-state index in [1.807, 2.05) is 16.3 Å². The molecule has 10 heteroatoms. The fourth-order valence-electron chi connectivity index (χ4n) is 5.09. The molecule has 2 fully saturated rings. The Balaban J connectivity index is 1.25. The maximum atomic E-state index is 13.4. The minimum absolute atomic E-state index is 0.130. The quantitative estimate of drug-likeness (QED) is 0.677. The van der Waals surface area contributed by atoms with Crippen molar-refractivity contribution in [1.29, 1.82) is 0 Å². The molecule has 3 amide bonds. The van der Waals surface area contributed by atoms with Crippen LogP contribution in [0.4, 0.5) is 5.69 Å². The van der Waals surface area contributed by atoms with E-state index in [0.29, 0.717) is 34.7 Å². The van der Waals surface area contributed by atoms with Crippen LogP contribution in [0.15, 0.2) is 35.7 Å². The first-order chi connectivity index (χ1) is 17.4. The van der Waals surface area contributed by atoms with Gasteiger partial charge in [-0.2, -0.15) is 0 Å². The molecule has 192 valence electrons. The largest absolute Gasteiger partial charge is 0.490 e. The topological polar surface area (TPSA) is 91.4 Å². The van der Waals surface area contributed by atoms with Crippen LogP contribution >= 0.6 is 11.3 Å².